The number of pyridine rings is 1. The first-order valence-corrected chi connectivity index (χ1v) is 22.6. The molecule has 1 spiro atoms. The molecule has 0 radical (unpaired) electrons. The first-order valence-electron chi connectivity index (χ1n) is 22.6. The van der Waals surface area contributed by atoms with Crippen LogP contribution >= 0.6 is 0 Å². The molecule has 0 bridgehead atoms. The Labute approximate surface area is 377 Å². The summed E-state index contributed by atoms with van der Waals surface area (Å²) >= 11 is 0. The van der Waals surface area contributed by atoms with Crippen LogP contribution in [0.5, 0.6) is 0 Å². The second kappa shape index (κ2) is 13.8. The van der Waals surface area contributed by atoms with Crippen LogP contribution in [0.25, 0.3) is 110 Å². The predicted molar refractivity (Wildman–Crippen MR) is 272 cm³/mol. The van der Waals surface area contributed by atoms with Crippen LogP contribution in [0, 0.1) is 0 Å². The van der Waals surface area contributed by atoms with Gasteiger partial charge < -0.3 is 0 Å². The Morgan fingerprint density at radius 1 is 0.246 bits per heavy atom. The Morgan fingerprint density at radius 2 is 0.646 bits per heavy atom. The van der Waals surface area contributed by atoms with E-state index in [0.717, 1.165) is 16.8 Å². The van der Waals surface area contributed by atoms with Gasteiger partial charge in [-0.3, -0.25) is 0 Å². The summed E-state index contributed by atoms with van der Waals surface area (Å²) in [5.41, 5.74) is 20.7. The van der Waals surface area contributed by atoms with Crippen LogP contribution in [0.1, 0.15) is 22.3 Å². The molecule has 1 nitrogen and oxygen atoms in total. The lowest BCUT2D eigenvalue weighted by Crippen LogP contribution is -2.25. The minimum absolute atomic E-state index is 0.411. The molecule has 2 aliphatic rings. The third-order valence-corrected chi connectivity index (χ3v) is 14.5. The van der Waals surface area contributed by atoms with Crippen LogP contribution in [0.4, 0.5) is 0 Å². The number of aromatic nitrogens is 1. The molecule has 11 aromatic carbocycles. The summed E-state index contributed by atoms with van der Waals surface area (Å²) in [7, 11) is 0. The summed E-state index contributed by atoms with van der Waals surface area (Å²) in [6.07, 6.45) is 0. The minimum atomic E-state index is -0.411. The highest BCUT2D eigenvalue weighted by Gasteiger charge is 2.51. The van der Waals surface area contributed by atoms with Gasteiger partial charge in [-0.1, -0.05) is 218 Å². The summed E-state index contributed by atoms with van der Waals surface area (Å²) in [6.45, 7) is 0. The predicted octanol–water partition coefficient (Wildman–Crippen LogP) is 16.7. The van der Waals surface area contributed by atoms with Crippen LogP contribution in [-0.4, -0.2) is 4.98 Å². The van der Waals surface area contributed by atoms with E-state index in [-0.39, 0.29) is 0 Å². The van der Waals surface area contributed by atoms with Crippen molar-refractivity contribution in [2.24, 2.45) is 0 Å². The average molecular weight is 822 g/mol. The number of hydrogen-bond acceptors (Lipinski definition) is 1. The third kappa shape index (κ3) is 5.07. The lowest BCUT2D eigenvalue weighted by atomic mass is 9.70. The number of para-hydroxylation sites is 1. The van der Waals surface area contributed by atoms with Gasteiger partial charge in [-0.15, -0.1) is 0 Å². The molecule has 1 heterocycles. The molecular weight excluding hydrogens is 783 g/mol. The van der Waals surface area contributed by atoms with Crippen molar-refractivity contribution in [2.75, 3.05) is 0 Å². The lowest BCUT2D eigenvalue weighted by Gasteiger charge is -2.30. The molecule has 0 saturated heterocycles. The number of nitrogens with zero attached hydrogens (tertiary/aromatic N) is 1. The van der Waals surface area contributed by atoms with Crippen molar-refractivity contribution in [3.8, 4) is 66.9 Å². The molecule has 0 fully saturated rings. The van der Waals surface area contributed by atoms with E-state index in [1.54, 1.807) is 0 Å². The van der Waals surface area contributed by atoms with Gasteiger partial charge in [0.1, 0.15) is 0 Å². The molecule has 0 amide bonds. The molecule has 1 heteroatoms. The molecular formula is C64H39N. The molecule has 12 aromatic rings. The first kappa shape index (κ1) is 36.1. The zero-order valence-electron chi connectivity index (χ0n) is 35.5. The summed E-state index contributed by atoms with van der Waals surface area (Å²) in [4.78, 5) is 5.49. The van der Waals surface area contributed by atoms with Crippen molar-refractivity contribution in [3.05, 3.63) is 259 Å². The Balaban J connectivity index is 0.956. The van der Waals surface area contributed by atoms with Gasteiger partial charge in [0.15, 0.2) is 0 Å². The van der Waals surface area contributed by atoms with Crippen molar-refractivity contribution in [1.82, 2.24) is 4.98 Å². The lowest BCUT2D eigenvalue weighted by molar-refractivity contribution is 0.795. The average Bonchev–Trinajstić information content (AvgIpc) is 3.84. The molecule has 2 aliphatic carbocycles. The van der Waals surface area contributed by atoms with Gasteiger partial charge >= 0.3 is 0 Å². The van der Waals surface area contributed by atoms with Gasteiger partial charge in [0, 0.05) is 16.3 Å². The highest BCUT2D eigenvalue weighted by molar-refractivity contribution is 6.21. The summed E-state index contributed by atoms with van der Waals surface area (Å²) in [5.74, 6) is 0. The van der Waals surface area contributed by atoms with E-state index in [1.807, 2.05) is 0 Å². The molecule has 0 unspecified atom stereocenters. The molecule has 0 saturated carbocycles. The van der Waals surface area contributed by atoms with E-state index in [2.05, 4.69) is 237 Å². The summed E-state index contributed by atoms with van der Waals surface area (Å²) in [5, 5.41) is 8.55. The molecule has 0 N–H and O–H groups in total. The first-order chi connectivity index (χ1) is 32.3. The van der Waals surface area contributed by atoms with E-state index < -0.39 is 5.41 Å². The molecule has 14 rings (SSSR count). The Hall–Kier alpha value is -8.39. The molecule has 1 aromatic heterocycles. The van der Waals surface area contributed by atoms with E-state index in [4.69, 9.17) is 4.98 Å². The summed E-state index contributed by atoms with van der Waals surface area (Å²) in [6, 6.07) is 87.5. The van der Waals surface area contributed by atoms with E-state index >= 15 is 0 Å². The van der Waals surface area contributed by atoms with Crippen molar-refractivity contribution >= 4 is 43.2 Å². The molecule has 0 atom stereocenters. The van der Waals surface area contributed by atoms with Gasteiger partial charge in [-0.25, -0.2) is 4.98 Å². The second-order valence-corrected chi connectivity index (χ2v) is 17.7. The van der Waals surface area contributed by atoms with Gasteiger partial charge in [0.25, 0.3) is 0 Å². The van der Waals surface area contributed by atoms with Crippen molar-refractivity contribution in [1.29, 1.82) is 0 Å². The number of benzene rings is 11. The smallest absolute Gasteiger partial charge is 0.0788 e. The normalized spacial score (nSPS) is 13.0. The zero-order valence-corrected chi connectivity index (χ0v) is 35.5. The van der Waals surface area contributed by atoms with E-state index in [0.29, 0.717) is 0 Å². The fourth-order valence-corrected chi connectivity index (χ4v) is 11.8. The van der Waals surface area contributed by atoms with Crippen molar-refractivity contribution in [3.63, 3.8) is 0 Å². The Bertz CT molecular complexity index is 3810. The fourth-order valence-electron chi connectivity index (χ4n) is 11.8. The Morgan fingerprint density at radius 3 is 1.18 bits per heavy atom. The highest BCUT2D eigenvalue weighted by Crippen LogP contribution is 2.63. The van der Waals surface area contributed by atoms with E-state index in [1.165, 1.54) is 116 Å². The number of fused-ring (bicyclic) bond motifs is 15. The number of rotatable bonds is 4. The fraction of sp³-hybridized carbons (Fsp3) is 0.0156. The van der Waals surface area contributed by atoms with Crippen LogP contribution in [-0.2, 0) is 5.41 Å². The van der Waals surface area contributed by atoms with Gasteiger partial charge in [0.05, 0.1) is 16.6 Å². The topological polar surface area (TPSA) is 12.9 Å². The number of hydrogen-bond donors (Lipinski definition) is 0. The zero-order chi connectivity index (χ0) is 42.6. The highest BCUT2D eigenvalue weighted by atomic mass is 14.7. The molecule has 65 heavy (non-hydrogen) atoms. The largest absolute Gasteiger partial charge is 0.247 e. The second-order valence-electron chi connectivity index (χ2n) is 17.7. The maximum Gasteiger partial charge on any atom is 0.0788 e. The van der Waals surface area contributed by atoms with Crippen LogP contribution in [0.15, 0.2) is 237 Å². The molecule has 300 valence electrons. The maximum absolute atomic E-state index is 5.49. The van der Waals surface area contributed by atoms with Crippen LogP contribution in [0.2, 0.25) is 0 Å². The Kier molecular flexibility index (Phi) is 7.67. The van der Waals surface area contributed by atoms with Gasteiger partial charge in [-0.05, 0) is 123 Å². The standard InChI is InChI=1S/C64H39N/c1-2-16-40(17-3-1)41-30-32-42(33-31-41)61-49-22-4-6-24-51(49)62(52-25-7-5-23-50(52)61)43-34-36-44(37-35-43)63-55-38-54-47-20-10-14-28-58(47)64(59(54)39-53(55)48-21-11-15-29-60(48)65-63)56-26-12-8-18-45(56)46-19-9-13-27-57(46)64/h1-39H. The van der Waals surface area contributed by atoms with E-state index in [9.17, 15) is 0 Å². The van der Waals surface area contributed by atoms with Crippen LogP contribution < -0.4 is 0 Å². The maximum atomic E-state index is 5.49. The SMILES string of the molecule is c1ccc(-c2ccc(-c3c4ccccc4c(-c4ccc(-c5nc6ccccc6c6cc7c(cc56)-c5ccccc5C75c6ccccc6-c6ccccc65)cc4)c4ccccc34)cc2)cc1. The minimum Gasteiger partial charge on any atom is -0.247 e. The third-order valence-electron chi connectivity index (χ3n) is 14.5. The molecule has 0 aliphatic heterocycles. The van der Waals surface area contributed by atoms with Gasteiger partial charge in [-0.2, -0.15) is 0 Å². The summed E-state index contributed by atoms with van der Waals surface area (Å²) < 4.78 is 0. The van der Waals surface area contributed by atoms with Crippen molar-refractivity contribution < 1.29 is 0 Å². The van der Waals surface area contributed by atoms with Crippen LogP contribution in [0.3, 0.4) is 0 Å². The van der Waals surface area contributed by atoms with Gasteiger partial charge in [0.2, 0.25) is 0 Å². The monoisotopic (exact) mass is 821 g/mol. The quantitative estimate of drug-likeness (QED) is 0.127. The van der Waals surface area contributed by atoms with Crippen molar-refractivity contribution in [2.45, 2.75) is 5.41 Å².